The van der Waals surface area contributed by atoms with Gasteiger partial charge in [-0.05, 0) is 54.3 Å². The van der Waals surface area contributed by atoms with E-state index in [0.29, 0.717) is 27.5 Å². The molecule has 196 valence electrons. The van der Waals surface area contributed by atoms with Gasteiger partial charge in [-0.15, -0.1) is 11.3 Å². The van der Waals surface area contributed by atoms with Crippen molar-refractivity contribution in [2.24, 2.45) is 0 Å². The van der Waals surface area contributed by atoms with Crippen LogP contribution in [0.3, 0.4) is 0 Å². The second-order valence-electron chi connectivity index (χ2n) is 7.85. The summed E-state index contributed by atoms with van der Waals surface area (Å²) in [5.74, 6) is -2.08. The van der Waals surface area contributed by atoms with Gasteiger partial charge in [-0.1, -0.05) is 23.7 Å². The van der Waals surface area contributed by atoms with E-state index in [9.17, 15) is 18.0 Å². The largest absolute Gasteiger partial charge is 0.490 e. The molecule has 14 heteroatoms. The summed E-state index contributed by atoms with van der Waals surface area (Å²) in [6.45, 7) is 0. The number of hydrogen-bond acceptors (Lipinski definition) is 8. The number of carbonyl (C=O) groups is 2. The van der Waals surface area contributed by atoms with Gasteiger partial charge in [-0.2, -0.15) is 18.2 Å². The lowest BCUT2D eigenvalue weighted by molar-refractivity contribution is -0.192. The highest BCUT2D eigenvalue weighted by atomic mass is 35.5. The number of aliphatic carboxylic acids is 1. The van der Waals surface area contributed by atoms with Gasteiger partial charge in [0.2, 0.25) is 5.95 Å². The molecule has 2 aromatic heterocycles. The maximum Gasteiger partial charge on any atom is 0.490 e. The van der Waals surface area contributed by atoms with Gasteiger partial charge in [0.25, 0.3) is 5.91 Å². The van der Waals surface area contributed by atoms with Crippen molar-refractivity contribution in [2.45, 2.75) is 19.0 Å². The Morgan fingerprint density at radius 3 is 2.47 bits per heavy atom. The molecule has 38 heavy (non-hydrogen) atoms. The number of rotatable bonds is 2. The third-order valence-electron chi connectivity index (χ3n) is 5.01. The number of carbonyl (C=O) groups excluding carboxylic acids is 1. The first-order valence-corrected chi connectivity index (χ1v) is 12.1. The first-order valence-electron chi connectivity index (χ1n) is 10.9. The SMILES string of the molecule is O=C(Nc1cc2cc(c1)Nc1nc(ncc1Cl)Nc1cccc(c1)CC2)c1nccs1.O=C(O)C(F)(F)F. The summed E-state index contributed by atoms with van der Waals surface area (Å²) in [4.78, 5) is 34.3. The van der Waals surface area contributed by atoms with E-state index in [1.165, 1.54) is 16.9 Å². The fourth-order valence-electron chi connectivity index (χ4n) is 3.37. The highest BCUT2D eigenvalue weighted by Gasteiger charge is 2.38. The number of aryl methyl sites for hydroxylation is 2. The summed E-state index contributed by atoms with van der Waals surface area (Å²) in [5, 5.41) is 19.1. The predicted molar refractivity (Wildman–Crippen MR) is 138 cm³/mol. The number of carboxylic acids is 1. The minimum atomic E-state index is -5.08. The second-order valence-corrected chi connectivity index (χ2v) is 9.16. The number of aromatic nitrogens is 3. The zero-order valence-corrected chi connectivity index (χ0v) is 20.8. The molecule has 0 unspecified atom stereocenters. The number of halogens is 4. The van der Waals surface area contributed by atoms with E-state index < -0.39 is 12.1 Å². The van der Waals surface area contributed by atoms with Gasteiger partial charge >= 0.3 is 12.1 Å². The third kappa shape index (κ3) is 7.17. The Balaban J connectivity index is 0.000000426. The normalized spacial score (nSPS) is 12.2. The molecule has 4 aromatic rings. The number of hydrogen-bond donors (Lipinski definition) is 4. The molecule has 0 radical (unpaired) electrons. The number of nitrogens with one attached hydrogen (secondary N) is 3. The van der Waals surface area contributed by atoms with Crippen LogP contribution < -0.4 is 16.0 Å². The van der Waals surface area contributed by atoms with E-state index in [0.717, 1.165) is 29.8 Å². The molecule has 6 bridgehead atoms. The van der Waals surface area contributed by atoms with Crippen molar-refractivity contribution in [3.8, 4) is 0 Å². The Bertz CT molecular complexity index is 1470. The Labute approximate surface area is 222 Å². The Kier molecular flexibility index (Phi) is 8.08. The van der Waals surface area contributed by atoms with Crippen LogP contribution in [0.1, 0.15) is 20.9 Å². The zero-order chi connectivity index (χ0) is 27.3. The van der Waals surface area contributed by atoms with Crippen molar-refractivity contribution in [1.82, 2.24) is 15.0 Å². The molecule has 0 aliphatic carbocycles. The van der Waals surface area contributed by atoms with Gasteiger partial charge in [0.05, 0.1) is 6.20 Å². The topological polar surface area (TPSA) is 129 Å². The summed E-state index contributed by atoms with van der Waals surface area (Å²) in [5.41, 5.74) is 4.61. The summed E-state index contributed by atoms with van der Waals surface area (Å²) in [6.07, 6.45) is -0.271. The van der Waals surface area contributed by atoms with Crippen LogP contribution in [0.4, 0.5) is 42.0 Å². The van der Waals surface area contributed by atoms with Gasteiger partial charge in [0.15, 0.2) is 10.8 Å². The van der Waals surface area contributed by atoms with Crippen LogP contribution in [-0.4, -0.2) is 38.1 Å². The van der Waals surface area contributed by atoms with Crippen molar-refractivity contribution < 1.29 is 27.9 Å². The smallest absolute Gasteiger partial charge is 0.475 e. The number of carboxylic acid groups (broad SMARTS) is 1. The number of fused-ring (bicyclic) bond motifs is 6. The van der Waals surface area contributed by atoms with Crippen LogP contribution in [0.15, 0.2) is 60.2 Å². The molecule has 0 fully saturated rings. The third-order valence-corrected chi connectivity index (χ3v) is 6.06. The number of alkyl halides is 3. The van der Waals surface area contributed by atoms with Crippen LogP contribution in [0.2, 0.25) is 5.02 Å². The second kappa shape index (κ2) is 11.4. The van der Waals surface area contributed by atoms with E-state index in [1.54, 1.807) is 17.8 Å². The van der Waals surface area contributed by atoms with E-state index in [-0.39, 0.29) is 5.91 Å². The maximum atomic E-state index is 12.5. The molecule has 2 aromatic carbocycles. The average molecular weight is 563 g/mol. The van der Waals surface area contributed by atoms with Crippen LogP contribution in [-0.2, 0) is 17.6 Å². The van der Waals surface area contributed by atoms with Crippen molar-refractivity contribution >= 4 is 63.6 Å². The zero-order valence-electron chi connectivity index (χ0n) is 19.2. The molecule has 3 heterocycles. The first-order chi connectivity index (χ1) is 18.1. The molecule has 0 spiro atoms. The number of thiazole rings is 1. The van der Waals surface area contributed by atoms with E-state index in [4.69, 9.17) is 21.5 Å². The lowest BCUT2D eigenvalue weighted by atomic mass is 10.0. The van der Waals surface area contributed by atoms with Crippen LogP contribution in [0.5, 0.6) is 0 Å². The summed E-state index contributed by atoms with van der Waals surface area (Å²) < 4.78 is 31.7. The fraction of sp³-hybridized carbons (Fsp3) is 0.125. The van der Waals surface area contributed by atoms with E-state index in [2.05, 4.69) is 43.0 Å². The standard InChI is InChI=1S/C22H17ClN6OS.C2HF3O2/c23-18-12-25-22-28-15-3-1-2-13(8-15)4-5-14-9-16(26-19(18)29-22)11-17(10-14)27-20(30)21-24-6-7-31-21;3-2(4,5)1(6)7/h1-3,6-12H,4-5H2,(H,27,30)(H2,25,26,28,29);(H,6,7). The van der Waals surface area contributed by atoms with Gasteiger partial charge in [-0.25, -0.2) is 14.8 Å². The average Bonchev–Trinajstić information content (AvgIpc) is 3.40. The number of anilines is 5. The van der Waals surface area contributed by atoms with Crippen molar-refractivity contribution in [1.29, 1.82) is 0 Å². The number of benzene rings is 2. The molecule has 0 saturated carbocycles. The Morgan fingerprint density at radius 2 is 1.76 bits per heavy atom. The molecule has 5 rings (SSSR count). The fourth-order valence-corrected chi connectivity index (χ4v) is 4.04. The lowest BCUT2D eigenvalue weighted by Gasteiger charge is -2.13. The van der Waals surface area contributed by atoms with Gasteiger partial charge in [-0.3, -0.25) is 4.79 Å². The molecule has 1 aliphatic heterocycles. The highest BCUT2D eigenvalue weighted by Crippen LogP contribution is 2.29. The molecule has 0 saturated heterocycles. The van der Waals surface area contributed by atoms with Crippen molar-refractivity contribution in [2.75, 3.05) is 16.0 Å². The lowest BCUT2D eigenvalue weighted by Crippen LogP contribution is -2.21. The predicted octanol–water partition coefficient (Wildman–Crippen LogP) is 6.06. The summed E-state index contributed by atoms with van der Waals surface area (Å²) in [7, 11) is 0. The molecule has 9 nitrogen and oxygen atoms in total. The first kappa shape index (κ1) is 26.8. The van der Waals surface area contributed by atoms with Crippen LogP contribution in [0, 0.1) is 0 Å². The van der Waals surface area contributed by atoms with E-state index in [1.807, 2.05) is 30.3 Å². The van der Waals surface area contributed by atoms with Crippen molar-refractivity contribution in [3.05, 3.63) is 81.4 Å². The highest BCUT2D eigenvalue weighted by molar-refractivity contribution is 7.11. The number of nitrogens with zero attached hydrogens (tertiary/aromatic N) is 3. The summed E-state index contributed by atoms with van der Waals surface area (Å²) >= 11 is 7.63. The maximum absolute atomic E-state index is 12.5. The van der Waals surface area contributed by atoms with Crippen molar-refractivity contribution in [3.63, 3.8) is 0 Å². The number of amides is 1. The van der Waals surface area contributed by atoms with Gasteiger partial charge < -0.3 is 21.1 Å². The molecule has 1 amide bonds. The molecular weight excluding hydrogens is 545 g/mol. The Morgan fingerprint density at radius 1 is 1.03 bits per heavy atom. The molecule has 1 aliphatic rings. The van der Waals surface area contributed by atoms with Crippen LogP contribution in [0.25, 0.3) is 0 Å². The quantitative estimate of drug-likeness (QED) is 0.232. The van der Waals surface area contributed by atoms with Gasteiger partial charge in [0.1, 0.15) is 5.02 Å². The van der Waals surface area contributed by atoms with Crippen LogP contribution >= 0.6 is 22.9 Å². The molecular formula is C24H18ClF3N6O3S. The Hall–Kier alpha value is -4.23. The minimum absolute atomic E-state index is 0.240. The molecule has 4 N–H and O–H groups in total. The summed E-state index contributed by atoms with van der Waals surface area (Å²) in [6, 6.07) is 14.0. The minimum Gasteiger partial charge on any atom is -0.475 e. The molecule has 0 atom stereocenters. The monoisotopic (exact) mass is 562 g/mol. The van der Waals surface area contributed by atoms with Gasteiger partial charge in [0, 0.05) is 28.6 Å². The van der Waals surface area contributed by atoms with E-state index >= 15 is 0 Å².